The number of piperidine rings is 1. The first-order chi connectivity index (χ1) is 12.9. The second-order valence-corrected chi connectivity index (χ2v) is 6.81. The molecule has 1 N–H and O–H groups in total. The van der Waals surface area contributed by atoms with Gasteiger partial charge in [0.05, 0.1) is 11.8 Å². The van der Waals surface area contributed by atoms with Gasteiger partial charge in [-0.25, -0.2) is 18.7 Å². The Morgan fingerprint density at radius 2 is 1.96 bits per heavy atom. The van der Waals surface area contributed by atoms with E-state index >= 15 is 0 Å². The molecule has 3 rings (SSSR count). The second kappa shape index (κ2) is 7.91. The fraction of sp³-hybridized carbons (Fsp3) is 0.526. The average molecular weight is 375 g/mol. The van der Waals surface area contributed by atoms with Crippen LogP contribution in [0.1, 0.15) is 35.9 Å². The molecular formula is C19H23F2N5O. The molecule has 144 valence electrons. The number of halogens is 2. The highest BCUT2D eigenvalue weighted by Crippen LogP contribution is 2.31. The molecule has 0 amide bonds. The van der Waals surface area contributed by atoms with E-state index in [1.54, 1.807) is 0 Å². The third-order valence-electron chi connectivity index (χ3n) is 4.74. The summed E-state index contributed by atoms with van der Waals surface area (Å²) in [4.78, 5) is 10.9. The summed E-state index contributed by atoms with van der Waals surface area (Å²) in [6.45, 7) is 4.50. The fourth-order valence-corrected chi connectivity index (χ4v) is 3.08. The van der Waals surface area contributed by atoms with Crippen LogP contribution in [0.25, 0.3) is 0 Å². The van der Waals surface area contributed by atoms with E-state index in [4.69, 9.17) is 9.68 Å². The number of alkyl halides is 2. The summed E-state index contributed by atoms with van der Waals surface area (Å²) in [6, 6.07) is 5.75. The number of rotatable bonds is 6. The number of aryl methyl sites for hydroxylation is 4. The van der Waals surface area contributed by atoms with Gasteiger partial charge in [-0.05, 0) is 26.3 Å². The highest BCUT2D eigenvalue weighted by molar-refractivity contribution is 5.56. The number of pyridine rings is 1. The fourth-order valence-electron chi connectivity index (χ4n) is 3.08. The Morgan fingerprint density at radius 1 is 1.22 bits per heavy atom. The van der Waals surface area contributed by atoms with Crippen LogP contribution in [0.5, 0.6) is 0 Å². The van der Waals surface area contributed by atoms with E-state index in [9.17, 15) is 8.78 Å². The standard InChI is InChI=1S/C19H23F2N5O/c1-13-14(2)27-18(24-13)4-3-15-11-16(12-17(25-15)23-8-7-22)26-9-5-19(20,21)6-10-26/h11-12H,3-6,8-10H2,1-2H3,(H,23,25). The van der Waals surface area contributed by atoms with E-state index in [0.717, 1.165) is 22.8 Å². The van der Waals surface area contributed by atoms with Gasteiger partial charge in [-0.15, -0.1) is 0 Å². The third-order valence-corrected chi connectivity index (χ3v) is 4.74. The van der Waals surface area contributed by atoms with Crippen molar-refractivity contribution in [2.45, 2.75) is 45.5 Å². The highest BCUT2D eigenvalue weighted by atomic mass is 19.3. The van der Waals surface area contributed by atoms with E-state index in [1.165, 1.54) is 0 Å². The van der Waals surface area contributed by atoms with E-state index < -0.39 is 5.92 Å². The normalized spacial score (nSPS) is 16.2. The summed E-state index contributed by atoms with van der Waals surface area (Å²) in [7, 11) is 0. The van der Waals surface area contributed by atoms with Crippen LogP contribution in [0.3, 0.4) is 0 Å². The maximum atomic E-state index is 13.5. The van der Waals surface area contributed by atoms with Crippen molar-refractivity contribution in [3.05, 3.63) is 35.2 Å². The molecule has 1 aliphatic heterocycles. The molecule has 0 atom stereocenters. The van der Waals surface area contributed by atoms with Crippen molar-refractivity contribution in [2.24, 2.45) is 0 Å². The minimum absolute atomic E-state index is 0.131. The molecule has 2 aromatic rings. The molecule has 0 aromatic carbocycles. The summed E-state index contributed by atoms with van der Waals surface area (Å²) in [6.07, 6.45) is 0.903. The Kier molecular flexibility index (Phi) is 5.59. The number of nitrogens with one attached hydrogen (secondary N) is 1. The van der Waals surface area contributed by atoms with Gasteiger partial charge in [0, 0.05) is 49.8 Å². The molecule has 0 spiro atoms. The van der Waals surface area contributed by atoms with E-state index in [-0.39, 0.29) is 19.4 Å². The van der Waals surface area contributed by atoms with Crippen molar-refractivity contribution in [1.82, 2.24) is 9.97 Å². The molecule has 0 radical (unpaired) electrons. The van der Waals surface area contributed by atoms with Crippen molar-refractivity contribution in [2.75, 3.05) is 29.9 Å². The predicted molar refractivity (Wildman–Crippen MR) is 98.1 cm³/mol. The Balaban J connectivity index is 1.76. The molecule has 3 heterocycles. The monoisotopic (exact) mass is 375 g/mol. The van der Waals surface area contributed by atoms with Gasteiger partial charge < -0.3 is 14.6 Å². The Labute approximate surface area is 157 Å². The number of anilines is 2. The van der Waals surface area contributed by atoms with Gasteiger partial charge in [-0.3, -0.25) is 0 Å². The first kappa shape index (κ1) is 19.1. The Bertz CT molecular complexity index is 814. The smallest absolute Gasteiger partial charge is 0.251 e. The van der Waals surface area contributed by atoms with Crippen LogP contribution in [0, 0.1) is 25.2 Å². The van der Waals surface area contributed by atoms with Crippen molar-refractivity contribution in [3.8, 4) is 6.07 Å². The van der Waals surface area contributed by atoms with Crippen molar-refractivity contribution in [3.63, 3.8) is 0 Å². The van der Waals surface area contributed by atoms with Crippen LogP contribution in [-0.2, 0) is 12.8 Å². The SMILES string of the molecule is Cc1nc(CCc2cc(N3CCC(F)(F)CC3)cc(NCC#N)n2)oc1C. The lowest BCUT2D eigenvalue weighted by Crippen LogP contribution is -2.39. The van der Waals surface area contributed by atoms with Crippen molar-refractivity contribution in [1.29, 1.82) is 5.26 Å². The Morgan fingerprint density at radius 3 is 2.59 bits per heavy atom. The number of hydrogen-bond donors (Lipinski definition) is 1. The van der Waals surface area contributed by atoms with Crippen molar-refractivity contribution >= 4 is 11.5 Å². The number of nitrogens with zero attached hydrogens (tertiary/aromatic N) is 4. The topological polar surface area (TPSA) is 78.0 Å². The Hall–Kier alpha value is -2.69. The number of oxazole rings is 1. The van der Waals surface area contributed by atoms with Crippen LogP contribution in [0.15, 0.2) is 16.5 Å². The molecule has 2 aromatic heterocycles. The zero-order valence-electron chi connectivity index (χ0n) is 15.6. The maximum absolute atomic E-state index is 13.5. The van der Waals surface area contributed by atoms with Gasteiger partial charge in [-0.2, -0.15) is 5.26 Å². The molecule has 0 aliphatic carbocycles. The van der Waals surface area contributed by atoms with Gasteiger partial charge in [0.15, 0.2) is 5.89 Å². The van der Waals surface area contributed by atoms with E-state index in [2.05, 4.69) is 15.3 Å². The molecule has 6 nitrogen and oxygen atoms in total. The van der Waals surface area contributed by atoms with E-state index in [0.29, 0.717) is 37.6 Å². The van der Waals surface area contributed by atoms with Crippen LogP contribution < -0.4 is 10.2 Å². The van der Waals surface area contributed by atoms with Gasteiger partial charge in [0.1, 0.15) is 18.1 Å². The molecular weight excluding hydrogens is 352 g/mol. The summed E-state index contributed by atoms with van der Waals surface area (Å²) < 4.78 is 32.5. The van der Waals surface area contributed by atoms with Gasteiger partial charge in [0.25, 0.3) is 5.92 Å². The summed E-state index contributed by atoms with van der Waals surface area (Å²) in [5.41, 5.74) is 2.52. The van der Waals surface area contributed by atoms with Crippen LogP contribution in [-0.4, -0.2) is 35.5 Å². The highest BCUT2D eigenvalue weighted by Gasteiger charge is 2.34. The molecule has 0 bridgehead atoms. The van der Waals surface area contributed by atoms with E-state index in [1.807, 2.05) is 36.9 Å². The molecule has 27 heavy (non-hydrogen) atoms. The first-order valence-electron chi connectivity index (χ1n) is 9.04. The predicted octanol–water partition coefficient (Wildman–Crippen LogP) is 3.64. The zero-order valence-corrected chi connectivity index (χ0v) is 15.6. The number of aromatic nitrogens is 2. The largest absolute Gasteiger partial charge is 0.446 e. The average Bonchev–Trinajstić information content (AvgIpc) is 2.96. The minimum atomic E-state index is -2.59. The summed E-state index contributed by atoms with van der Waals surface area (Å²) in [5.74, 6) is -0.561. The third kappa shape index (κ3) is 4.94. The molecule has 1 aliphatic rings. The molecule has 1 saturated heterocycles. The summed E-state index contributed by atoms with van der Waals surface area (Å²) >= 11 is 0. The number of nitriles is 1. The molecule has 0 saturated carbocycles. The number of hydrogen-bond acceptors (Lipinski definition) is 6. The van der Waals surface area contributed by atoms with Gasteiger partial charge >= 0.3 is 0 Å². The van der Waals surface area contributed by atoms with Crippen molar-refractivity contribution < 1.29 is 13.2 Å². The van der Waals surface area contributed by atoms with Crippen LogP contribution in [0.2, 0.25) is 0 Å². The molecule has 0 unspecified atom stereocenters. The quantitative estimate of drug-likeness (QED) is 0.777. The van der Waals surface area contributed by atoms with Crippen LogP contribution in [0.4, 0.5) is 20.3 Å². The maximum Gasteiger partial charge on any atom is 0.251 e. The lowest BCUT2D eigenvalue weighted by atomic mass is 10.1. The lowest BCUT2D eigenvalue weighted by molar-refractivity contribution is -0.0220. The van der Waals surface area contributed by atoms with Gasteiger partial charge in [-0.1, -0.05) is 0 Å². The summed E-state index contributed by atoms with van der Waals surface area (Å²) in [5, 5.41) is 11.8. The minimum Gasteiger partial charge on any atom is -0.446 e. The molecule has 1 fully saturated rings. The molecule has 8 heteroatoms. The second-order valence-electron chi connectivity index (χ2n) is 6.81. The van der Waals surface area contributed by atoms with Crippen LogP contribution >= 0.6 is 0 Å². The lowest BCUT2D eigenvalue weighted by Gasteiger charge is -2.33. The zero-order chi connectivity index (χ0) is 19.4. The first-order valence-corrected chi connectivity index (χ1v) is 9.04. The van der Waals surface area contributed by atoms with Gasteiger partial charge in [0.2, 0.25) is 0 Å².